The second-order valence-electron chi connectivity index (χ2n) is 4.55. The highest BCUT2D eigenvalue weighted by atomic mass is 16.3. The number of benzene rings is 2. The molecule has 0 aromatic heterocycles. The van der Waals surface area contributed by atoms with Crippen LogP contribution >= 0.6 is 0 Å². The van der Waals surface area contributed by atoms with Crippen LogP contribution in [0.25, 0.3) is 0 Å². The van der Waals surface area contributed by atoms with Crippen molar-refractivity contribution < 1.29 is 9.90 Å². The van der Waals surface area contributed by atoms with E-state index in [1.54, 1.807) is 30.3 Å². The number of para-hydroxylation sites is 1. The van der Waals surface area contributed by atoms with Crippen molar-refractivity contribution in [3.63, 3.8) is 0 Å². The summed E-state index contributed by atoms with van der Waals surface area (Å²) < 4.78 is 0. The monoisotopic (exact) mass is 270 g/mol. The minimum absolute atomic E-state index is 0.160. The number of aromatic hydroxyl groups is 1. The Kier molecular flexibility index (Phi) is 4.74. The molecule has 0 spiro atoms. The van der Waals surface area contributed by atoms with E-state index in [9.17, 15) is 9.90 Å². The number of amides is 1. The van der Waals surface area contributed by atoms with Gasteiger partial charge in [0.1, 0.15) is 5.75 Å². The van der Waals surface area contributed by atoms with Gasteiger partial charge in [-0.2, -0.15) is 0 Å². The van der Waals surface area contributed by atoms with Gasteiger partial charge in [0.05, 0.1) is 0 Å². The van der Waals surface area contributed by atoms with Gasteiger partial charge in [-0.3, -0.25) is 4.79 Å². The van der Waals surface area contributed by atoms with E-state index in [0.717, 1.165) is 12.0 Å². The van der Waals surface area contributed by atoms with Crippen LogP contribution in [0.1, 0.15) is 21.5 Å². The largest absolute Gasteiger partial charge is 0.508 e. The standard InChI is InChI=1S/C16H18N2O2/c17-10-9-12-5-7-13(8-6-12)16(20)18-11-14-3-1-2-4-15(14)19/h1-8,19H,9-11,17H2,(H,18,20). The van der Waals surface area contributed by atoms with Crippen molar-refractivity contribution in [2.75, 3.05) is 6.54 Å². The van der Waals surface area contributed by atoms with Gasteiger partial charge in [0.2, 0.25) is 0 Å². The minimum Gasteiger partial charge on any atom is -0.508 e. The van der Waals surface area contributed by atoms with Crippen LogP contribution in [0.15, 0.2) is 48.5 Å². The maximum absolute atomic E-state index is 12.0. The van der Waals surface area contributed by atoms with E-state index in [-0.39, 0.29) is 11.7 Å². The van der Waals surface area contributed by atoms with Gasteiger partial charge < -0.3 is 16.2 Å². The Morgan fingerprint density at radius 3 is 2.45 bits per heavy atom. The number of nitrogens with two attached hydrogens (primary N) is 1. The molecule has 4 nitrogen and oxygen atoms in total. The average Bonchev–Trinajstić information content (AvgIpc) is 2.47. The molecule has 0 fully saturated rings. The number of phenolic OH excluding ortho intramolecular Hbond substituents is 1. The highest BCUT2D eigenvalue weighted by Gasteiger charge is 2.06. The molecule has 0 atom stereocenters. The number of nitrogens with one attached hydrogen (secondary N) is 1. The summed E-state index contributed by atoms with van der Waals surface area (Å²) in [7, 11) is 0. The SMILES string of the molecule is NCCc1ccc(C(=O)NCc2ccccc2O)cc1. The lowest BCUT2D eigenvalue weighted by Crippen LogP contribution is -2.22. The van der Waals surface area contributed by atoms with E-state index < -0.39 is 0 Å². The van der Waals surface area contributed by atoms with Crippen LogP contribution in [0, 0.1) is 0 Å². The molecule has 2 aromatic carbocycles. The summed E-state index contributed by atoms with van der Waals surface area (Å²) in [6, 6.07) is 14.3. The zero-order chi connectivity index (χ0) is 14.4. The zero-order valence-corrected chi connectivity index (χ0v) is 11.2. The molecule has 0 aliphatic heterocycles. The minimum atomic E-state index is -0.160. The molecular weight excluding hydrogens is 252 g/mol. The van der Waals surface area contributed by atoms with Crippen molar-refractivity contribution in [2.45, 2.75) is 13.0 Å². The third-order valence-electron chi connectivity index (χ3n) is 3.08. The first-order valence-corrected chi connectivity index (χ1v) is 6.55. The fourth-order valence-corrected chi connectivity index (χ4v) is 1.93. The van der Waals surface area contributed by atoms with E-state index >= 15 is 0 Å². The van der Waals surface area contributed by atoms with Gasteiger partial charge in [0.15, 0.2) is 0 Å². The summed E-state index contributed by atoms with van der Waals surface area (Å²) in [4.78, 5) is 12.0. The lowest BCUT2D eigenvalue weighted by atomic mass is 10.1. The summed E-state index contributed by atoms with van der Waals surface area (Å²) >= 11 is 0. The first-order chi connectivity index (χ1) is 9.70. The third kappa shape index (κ3) is 3.59. The number of carbonyl (C=O) groups is 1. The Labute approximate surface area is 118 Å². The van der Waals surface area contributed by atoms with Gasteiger partial charge in [-0.15, -0.1) is 0 Å². The predicted octanol–water partition coefficient (Wildman–Crippen LogP) is 1.82. The van der Waals surface area contributed by atoms with E-state index in [1.807, 2.05) is 18.2 Å². The van der Waals surface area contributed by atoms with Crippen LogP contribution in [0.2, 0.25) is 0 Å². The number of phenols is 1. The van der Waals surface area contributed by atoms with Crippen molar-refractivity contribution in [1.29, 1.82) is 0 Å². The molecule has 2 aromatic rings. The van der Waals surface area contributed by atoms with E-state index in [1.165, 1.54) is 0 Å². The Bertz CT molecular complexity index is 579. The normalized spacial score (nSPS) is 10.2. The average molecular weight is 270 g/mol. The summed E-state index contributed by atoms with van der Waals surface area (Å²) in [5.41, 5.74) is 7.89. The zero-order valence-electron chi connectivity index (χ0n) is 11.2. The smallest absolute Gasteiger partial charge is 0.251 e. The molecule has 0 saturated carbocycles. The van der Waals surface area contributed by atoms with Crippen molar-refractivity contribution >= 4 is 5.91 Å². The van der Waals surface area contributed by atoms with Crippen molar-refractivity contribution in [3.05, 3.63) is 65.2 Å². The molecule has 0 unspecified atom stereocenters. The summed E-state index contributed by atoms with van der Waals surface area (Å²) in [5.74, 6) is 0.0265. The van der Waals surface area contributed by atoms with Gasteiger partial charge in [0.25, 0.3) is 5.91 Å². The molecule has 1 amide bonds. The molecule has 2 rings (SSSR count). The van der Waals surface area contributed by atoms with Crippen LogP contribution in [-0.4, -0.2) is 17.6 Å². The Morgan fingerprint density at radius 1 is 1.10 bits per heavy atom. The molecule has 0 heterocycles. The summed E-state index contributed by atoms with van der Waals surface area (Å²) in [6.45, 7) is 0.898. The molecular formula is C16H18N2O2. The fourth-order valence-electron chi connectivity index (χ4n) is 1.93. The van der Waals surface area contributed by atoms with Crippen LogP contribution < -0.4 is 11.1 Å². The van der Waals surface area contributed by atoms with Gasteiger partial charge in [-0.1, -0.05) is 30.3 Å². The van der Waals surface area contributed by atoms with Gasteiger partial charge in [0, 0.05) is 17.7 Å². The highest BCUT2D eigenvalue weighted by Crippen LogP contribution is 2.15. The quantitative estimate of drug-likeness (QED) is 0.775. The Balaban J connectivity index is 1.96. The number of hydrogen-bond acceptors (Lipinski definition) is 3. The topological polar surface area (TPSA) is 75.4 Å². The molecule has 4 heteroatoms. The Hall–Kier alpha value is -2.33. The molecule has 0 bridgehead atoms. The number of rotatable bonds is 5. The van der Waals surface area contributed by atoms with Crippen LogP contribution in [0.5, 0.6) is 5.75 Å². The van der Waals surface area contributed by atoms with Crippen molar-refractivity contribution in [3.8, 4) is 5.75 Å². The second-order valence-corrected chi connectivity index (χ2v) is 4.55. The van der Waals surface area contributed by atoms with E-state index in [2.05, 4.69) is 5.32 Å². The third-order valence-corrected chi connectivity index (χ3v) is 3.08. The van der Waals surface area contributed by atoms with Crippen LogP contribution in [-0.2, 0) is 13.0 Å². The van der Waals surface area contributed by atoms with Crippen LogP contribution in [0.3, 0.4) is 0 Å². The molecule has 4 N–H and O–H groups in total. The fraction of sp³-hybridized carbons (Fsp3) is 0.188. The number of hydrogen-bond donors (Lipinski definition) is 3. The van der Waals surface area contributed by atoms with Crippen molar-refractivity contribution in [1.82, 2.24) is 5.32 Å². The second kappa shape index (κ2) is 6.73. The molecule has 0 saturated heterocycles. The molecule has 0 aliphatic rings. The number of carbonyl (C=O) groups excluding carboxylic acids is 1. The Morgan fingerprint density at radius 2 is 1.80 bits per heavy atom. The van der Waals surface area contributed by atoms with Gasteiger partial charge in [-0.25, -0.2) is 0 Å². The highest BCUT2D eigenvalue weighted by molar-refractivity contribution is 5.94. The van der Waals surface area contributed by atoms with Gasteiger partial charge in [-0.05, 0) is 36.7 Å². The molecule has 20 heavy (non-hydrogen) atoms. The summed E-state index contributed by atoms with van der Waals surface area (Å²) in [5, 5.41) is 12.4. The van der Waals surface area contributed by atoms with Crippen molar-refractivity contribution in [2.24, 2.45) is 5.73 Å². The first kappa shape index (κ1) is 14.1. The summed E-state index contributed by atoms with van der Waals surface area (Å²) in [6.07, 6.45) is 0.805. The van der Waals surface area contributed by atoms with E-state index in [0.29, 0.717) is 24.2 Å². The maximum atomic E-state index is 12.0. The van der Waals surface area contributed by atoms with Crippen LogP contribution in [0.4, 0.5) is 0 Å². The predicted molar refractivity (Wildman–Crippen MR) is 78.5 cm³/mol. The molecule has 0 radical (unpaired) electrons. The molecule has 0 aliphatic carbocycles. The maximum Gasteiger partial charge on any atom is 0.251 e. The molecule has 104 valence electrons. The first-order valence-electron chi connectivity index (χ1n) is 6.55. The van der Waals surface area contributed by atoms with E-state index in [4.69, 9.17) is 5.73 Å². The lowest BCUT2D eigenvalue weighted by Gasteiger charge is -2.07. The lowest BCUT2D eigenvalue weighted by molar-refractivity contribution is 0.0951. The van der Waals surface area contributed by atoms with Gasteiger partial charge >= 0.3 is 0 Å².